The maximum atomic E-state index is 11.7. The van der Waals surface area contributed by atoms with Gasteiger partial charge in [0.1, 0.15) is 0 Å². The molecule has 0 aromatic heterocycles. The van der Waals surface area contributed by atoms with E-state index in [2.05, 4.69) is 10.6 Å². The third-order valence-electron chi connectivity index (χ3n) is 3.58. The highest BCUT2D eigenvalue weighted by atomic mass is 16.2. The molecule has 2 rings (SSSR count). The predicted octanol–water partition coefficient (Wildman–Crippen LogP) is 1.47. The average Bonchev–Trinajstić information content (AvgIpc) is 2.97. The smallest absolute Gasteiger partial charge is 0.244 e. The average molecular weight is 329 g/mol. The van der Waals surface area contributed by atoms with Gasteiger partial charge in [-0.15, -0.1) is 0 Å². The summed E-state index contributed by atoms with van der Waals surface area (Å²) in [5.74, 6) is -0.392. The minimum Gasteiger partial charge on any atom is -0.352 e. The lowest BCUT2D eigenvalue weighted by Crippen LogP contribution is -2.39. The van der Waals surface area contributed by atoms with Crippen molar-refractivity contribution in [2.45, 2.75) is 32.7 Å². The van der Waals surface area contributed by atoms with Crippen LogP contribution >= 0.6 is 0 Å². The van der Waals surface area contributed by atoms with E-state index in [1.165, 1.54) is 6.08 Å². The van der Waals surface area contributed by atoms with Gasteiger partial charge >= 0.3 is 0 Å². The molecule has 1 saturated heterocycles. The molecule has 0 atom stereocenters. The summed E-state index contributed by atoms with van der Waals surface area (Å²) in [6.45, 7) is 4.43. The molecule has 1 aromatic carbocycles. The van der Waals surface area contributed by atoms with Gasteiger partial charge in [-0.1, -0.05) is 12.1 Å². The van der Waals surface area contributed by atoms with Crippen molar-refractivity contribution < 1.29 is 14.4 Å². The lowest BCUT2D eigenvalue weighted by atomic mass is 10.2. The maximum absolute atomic E-state index is 11.7. The van der Waals surface area contributed by atoms with Crippen LogP contribution in [0.3, 0.4) is 0 Å². The van der Waals surface area contributed by atoms with E-state index in [-0.39, 0.29) is 30.3 Å². The highest BCUT2D eigenvalue weighted by Gasteiger charge is 2.21. The molecule has 0 saturated carbocycles. The Morgan fingerprint density at radius 1 is 1.25 bits per heavy atom. The molecule has 0 aliphatic carbocycles. The quantitative estimate of drug-likeness (QED) is 0.776. The molecular formula is C18H23N3O3. The van der Waals surface area contributed by atoms with Crippen LogP contribution in [0.25, 0.3) is 6.08 Å². The van der Waals surface area contributed by atoms with Crippen LogP contribution in [0.2, 0.25) is 0 Å². The van der Waals surface area contributed by atoms with Gasteiger partial charge in [-0.25, -0.2) is 0 Å². The van der Waals surface area contributed by atoms with Crippen LogP contribution in [0.1, 0.15) is 32.3 Å². The fourth-order valence-electron chi connectivity index (χ4n) is 2.46. The Labute approximate surface area is 141 Å². The summed E-state index contributed by atoms with van der Waals surface area (Å²) in [4.78, 5) is 36.6. The lowest BCUT2D eigenvalue weighted by molar-refractivity contribution is -0.124. The van der Waals surface area contributed by atoms with Crippen molar-refractivity contribution in [3.63, 3.8) is 0 Å². The summed E-state index contributed by atoms with van der Waals surface area (Å²) >= 11 is 0. The molecule has 0 radical (unpaired) electrons. The van der Waals surface area contributed by atoms with Gasteiger partial charge in [-0.3, -0.25) is 14.4 Å². The highest BCUT2D eigenvalue weighted by Crippen LogP contribution is 2.21. The minimum atomic E-state index is -0.326. The number of nitrogens with one attached hydrogen (secondary N) is 2. The van der Waals surface area contributed by atoms with E-state index >= 15 is 0 Å². The van der Waals surface area contributed by atoms with Crippen molar-refractivity contribution in [3.8, 4) is 0 Å². The maximum Gasteiger partial charge on any atom is 0.244 e. The van der Waals surface area contributed by atoms with E-state index in [0.717, 1.165) is 24.2 Å². The van der Waals surface area contributed by atoms with Gasteiger partial charge in [-0.05, 0) is 44.0 Å². The molecular weight excluding hydrogens is 306 g/mol. The highest BCUT2D eigenvalue weighted by molar-refractivity contribution is 5.96. The monoisotopic (exact) mass is 329 g/mol. The number of anilines is 1. The Bertz CT molecular complexity index is 635. The number of carbonyl (C=O) groups is 3. The molecule has 1 fully saturated rings. The molecule has 1 aliphatic rings. The summed E-state index contributed by atoms with van der Waals surface area (Å²) in [7, 11) is 0. The van der Waals surface area contributed by atoms with Crippen molar-refractivity contribution >= 4 is 29.5 Å². The first-order valence-electron chi connectivity index (χ1n) is 8.11. The SMILES string of the molecule is CC(C)NC(=O)CNC(=O)/C=C/c1ccc(N2CCCC2=O)cc1. The first-order valence-corrected chi connectivity index (χ1v) is 8.11. The van der Waals surface area contributed by atoms with Gasteiger partial charge in [-0.2, -0.15) is 0 Å². The fraction of sp³-hybridized carbons (Fsp3) is 0.389. The number of nitrogens with zero attached hydrogens (tertiary/aromatic N) is 1. The molecule has 24 heavy (non-hydrogen) atoms. The third-order valence-corrected chi connectivity index (χ3v) is 3.58. The number of hydrogen-bond acceptors (Lipinski definition) is 3. The lowest BCUT2D eigenvalue weighted by Gasteiger charge is -2.15. The topological polar surface area (TPSA) is 78.5 Å². The van der Waals surface area contributed by atoms with Crippen molar-refractivity contribution in [1.29, 1.82) is 0 Å². The summed E-state index contributed by atoms with van der Waals surface area (Å²) in [6.07, 6.45) is 4.56. The summed E-state index contributed by atoms with van der Waals surface area (Å²) in [6, 6.07) is 7.51. The van der Waals surface area contributed by atoms with Crippen molar-refractivity contribution in [2.75, 3.05) is 18.0 Å². The molecule has 0 spiro atoms. The van der Waals surface area contributed by atoms with E-state index < -0.39 is 0 Å². The van der Waals surface area contributed by atoms with Crippen LogP contribution in [0.5, 0.6) is 0 Å². The van der Waals surface area contributed by atoms with Crippen LogP contribution < -0.4 is 15.5 Å². The molecule has 6 nitrogen and oxygen atoms in total. The Balaban J connectivity index is 1.84. The van der Waals surface area contributed by atoms with Gasteiger partial charge in [0.05, 0.1) is 6.54 Å². The zero-order valence-corrected chi connectivity index (χ0v) is 14.0. The number of benzene rings is 1. The largest absolute Gasteiger partial charge is 0.352 e. The van der Waals surface area contributed by atoms with Gasteiger partial charge in [0.2, 0.25) is 17.7 Å². The summed E-state index contributed by atoms with van der Waals surface area (Å²) < 4.78 is 0. The first kappa shape index (κ1) is 17.7. The molecule has 128 valence electrons. The van der Waals surface area contributed by atoms with E-state index in [1.807, 2.05) is 38.1 Å². The third kappa shape index (κ3) is 5.22. The van der Waals surface area contributed by atoms with Crippen LogP contribution in [-0.2, 0) is 14.4 Å². The molecule has 0 bridgehead atoms. The van der Waals surface area contributed by atoms with E-state index in [1.54, 1.807) is 11.0 Å². The van der Waals surface area contributed by atoms with E-state index in [4.69, 9.17) is 0 Å². The summed E-state index contributed by atoms with van der Waals surface area (Å²) in [5, 5.41) is 5.23. The predicted molar refractivity (Wildman–Crippen MR) is 93.4 cm³/mol. The second-order valence-corrected chi connectivity index (χ2v) is 6.01. The van der Waals surface area contributed by atoms with Gasteiger partial charge in [0.25, 0.3) is 0 Å². The standard InChI is InChI=1S/C18H23N3O3/c1-13(2)20-17(23)12-19-16(22)10-7-14-5-8-15(9-6-14)21-11-3-4-18(21)24/h5-10,13H,3-4,11-12H2,1-2H3,(H,19,22)(H,20,23)/b10-7+. The molecule has 1 heterocycles. The number of rotatable bonds is 6. The fourth-order valence-corrected chi connectivity index (χ4v) is 2.46. The first-order chi connectivity index (χ1) is 11.5. The van der Waals surface area contributed by atoms with Crippen LogP contribution in [0.15, 0.2) is 30.3 Å². The Kier molecular flexibility index (Phi) is 6.12. The molecule has 1 aromatic rings. The zero-order valence-electron chi connectivity index (χ0n) is 14.0. The second kappa shape index (κ2) is 8.29. The van der Waals surface area contributed by atoms with Crippen LogP contribution in [0, 0.1) is 0 Å². The van der Waals surface area contributed by atoms with E-state index in [0.29, 0.717) is 6.42 Å². The molecule has 3 amide bonds. The molecule has 2 N–H and O–H groups in total. The Hall–Kier alpha value is -2.63. The van der Waals surface area contributed by atoms with Gasteiger partial charge in [0.15, 0.2) is 0 Å². The normalized spacial score (nSPS) is 14.5. The number of amides is 3. The van der Waals surface area contributed by atoms with Gasteiger partial charge < -0.3 is 15.5 Å². The second-order valence-electron chi connectivity index (χ2n) is 6.01. The van der Waals surface area contributed by atoms with E-state index in [9.17, 15) is 14.4 Å². The van der Waals surface area contributed by atoms with Crippen LogP contribution in [0.4, 0.5) is 5.69 Å². The zero-order chi connectivity index (χ0) is 17.5. The van der Waals surface area contributed by atoms with Crippen molar-refractivity contribution in [2.24, 2.45) is 0 Å². The van der Waals surface area contributed by atoms with Crippen LogP contribution in [-0.4, -0.2) is 36.9 Å². The minimum absolute atomic E-state index is 0.0443. The molecule has 6 heteroatoms. The number of hydrogen-bond donors (Lipinski definition) is 2. The summed E-state index contributed by atoms with van der Waals surface area (Å²) in [5.41, 5.74) is 1.73. The number of carbonyl (C=O) groups excluding carboxylic acids is 3. The molecule has 1 aliphatic heterocycles. The Morgan fingerprint density at radius 3 is 2.54 bits per heavy atom. The van der Waals surface area contributed by atoms with Gasteiger partial charge in [0, 0.05) is 30.8 Å². The van der Waals surface area contributed by atoms with Crippen molar-refractivity contribution in [1.82, 2.24) is 10.6 Å². The molecule has 0 unspecified atom stereocenters. The Morgan fingerprint density at radius 2 is 1.96 bits per heavy atom. The van der Waals surface area contributed by atoms with Crippen molar-refractivity contribution in [3.05, 3.63) is 35.9 Å².